The monoisotopic (exact) mass is 465 g/mol. The van der Waals surface area contributed by atoms with Gasteiger partial charge in [0.25, 0.3) is 5.56 Å². The molecule has 0 amide bonds. The van der Waals surface area contributed by atoms with Crippen LogP contribution in [0.2, 0.25) is 0 Å². The van der Waals surface area contributed by atoms with E-state index in [2.05, 4.69) is 34.1 Å². The molecule has 0 saturated carbocycles. The fourth-order valence-electron chi connectivity index (χ4n) is 5.28. The van der Waals surface area contributed by atoms with Crippen molar-refractivity contribution in [3.8, 4) is 27.6 Å². The number of nitrogens with zero attached hydrogens (tertiary/aromatic N) is 2. The fourth-order valence-corrected chi connectivity index (χ4v) is 6.25. The molecule has 2 aliphatic rings. The lowest BCUT2D eigenvalue weighted by atomic mass is 9.95. The van der Waals surface area contributed by atoms with Crippen molar-refractivity contribution in [3.05, 3.63) is 82.6 Å². The Hall–Kier alpha value is -3.48. The zero-order valence-corrected chi connectivity index (χ0v) is 19.4. The van der Waals surface area contributed by atoms with E-state index in [9.17, 15) is 4.79 Å². The van der Waals surface area contributed by atoms with Crippen molar-refractivity contribution in [3.63, 3.8) is 0 Å². The molecule has 0 radical (unpaired) electrons. The summed E-state index contributed by atoms with van der Waals surface area (Å²) in [5, 5.41) is 2.95. The predicted molar refractivity (Wildman–Crippen MR) is 137 cm³/mol. The normalized spacial score (nSPS) is 17.9. The summed E-state index contributed by atoms with van der Waals surface area (Å²) >= 11 is 1.55. The number of para-hydroxylation sites is 1. The van der Waals surface area contributed by atoms with Crippen LogP contribution in [0.5, 0.6) is 5.75 Å². The predicted octanol–water partition coefficient (Wildman–Crippen LogP) is 6.35. The summed E-state index contributed by atoms with van der Waals surface area (Å²) in [6, 6.07) is 22.5. The van der Waals surface area contributed by atoms with E-state index in [4.69, 9.17) is 9.72 Å². The molecule has 5 aromatic rings. The Morgan fingerprint density at radius 2 is 1.76 bits per heavy atom. The first-order chi connectivity index (χ1) is 16.8. The van der Waals surface area contributed by atoms with Crippen LogP contribution in [0.15, 0.2) is 71.5 Å². The molecule has 168 valence electrons. The highest BCUT2D eigenvalue weighted by Crippen LogP contribution is 2.47. The number of hydrogen-bond donors (Lipinski definition) is 1. The second-order valence-corrected chi connectivity index (χ2v) is 10.1. The van der Waals surface area contributed by atoms with Gasteiger partial charge in [0, 0.05) is 29.6 Å². The third-order valence-electron chi connectivity index (χ3n) is 6.96. The second kappa shape index (κ2) is 7.79. The molecule has 0 spiro atoms. The van der Waals surface area contributed by atoms with Gasteiger partial charge in [0.2, 0.25) is 0 Å². The Balaban J connectivity index is 1.46. The van der Waals surface area contributed by atoms with Gasteiger partial charge in [0.05, 0.1) is 21.5 Å². The number of thiazole rings is 1. The number of piperidine rings is 1. The zero-order valence-electron chi connectivity index (χ0n) is 18.6. The van der Waals surface area contributed by atoms with E-state index in [-0.39, 0.29) is 11.8 Å². The lowest BCUT2D eigenvalue weighted by molar-refractivity contribution is 0.00957. The minimum Gasteiger partial charge on any atom is -0.469 e. The van der Waals surface area contributed by atoms with Crippen molar-refractivity contribution in [2.45, 2.75) is 25.5 Å². The van der Waals surface area contributed by atoms with Crippen molar-refractivity contribution in [2.75, 3.05) is 13.1 Å². The molecule has 5 nitrogen and oxygen atoms in total. The number of nitrogens with one attached hydrogen (secondary N) is 1. The average Bonchev–Trinajstić information content (AvgIpc) is 3.32. The van der Waals surface area contributed by atoms with Gasteiger partial charge in [0.15, 0.2) is 6.23 Å². The summed E-state index contributed by atoms with van der Waals surface area (Å²) in [5.41, 5.74) is 4.22. The highest BCUT2D eigenvalue weighted by atomic mass is 32.1. The van der Waals surface area contributed by atoms with E-state index in [1.165, 1.54) is 6.42 Å². The van der Waals surface area contributed by atoms with Crippen LogP contribution in [0.4, 0.5) is 0 Å². The molecule has 0 bridgehead atoms. The van der Waals surface area contributed by atoms with Gasteiger partial charge < -0.3 is 9.72 Å². The maximum atomic E-state index is 13.4. The number of H-pyrrole nitrogens is 1. The van der Waals surface area contributed by atoms with Gasteiger partial charge in [-0.25, -0.2) is 4.98 Å². The Labute approximate surface area is 200 Å². The van der Waals surface area contributed by atoms with E-state index in [0.29, 0.717) is 5.56 Å². The number of fused-ring (bicyclic) bond motifs is 6. The first kappa shape index (κ1) is 19.9. The standard InChI is InChI=1S/C28H23N3O2S/c32-26-21(27-29-22-10-4-5-11-23(22)34-27)16-20-24(30-26)19-13-12-17-8-2-3-9-18(17)25(19)33-28(20)31-14-6-1-7-15-31/h2-5,8-13,16,28H,1,6-7,14-15H2,(H,30,32). The molecule has 2 aromatic heterocycles. The molecule has 34 heavy (non-hydrogen) atoms. The van der Waals surface area contributed by atoms with Gasteiger partial charge >= 0.3 is 0 Å². The van der Waals surface area contributed by atoms with E-state index in [1.54, 1.807) is 11.3 Å². The maximum absolute atomic E-state index is 13.4. The highest BCUT2D eigenvalue weighted by Gasteiger charge is 2.34. The first-order valence-corrected chi connectivity index (χ1v) is 12.6. The number of aromatic amines is 1. The number of hydrogen-bond acceptors (Lipinski definition) is 5. The molecule has 6 heteroatoms. The molecule has 4 heterocycles. The van der Waals surface area contributed by atoms with Crippen LogP contribution in [-0.2, 0) is 0 Å². The molecular weight excluding hydrogens is 442 g/mol. The van der Waals surface area contributed by atoms with Gasteiger partial charge in [0.1, 0.15) is 10.8 Å². The van der Waals surface area contributed by atoms with Crippen LogP contribution in [0.25, 0.3) is 42.8 Å². The number of rotatable bonds is 2. The quantitative estimate of drug-likeness (QED) is 0.330. The minimum atomic E-state index is -0.237. The Kier molecular flexibility index (Phi) is 4.57. The summed E-state index contributed by atoms with van der Waals surface area (Å²) in [4.78, 5) is 23.8. The van der Waals surface area contributed by atoms with Crippen molar-refractivity contribution >= 4 is 32.3 Å². The van der Waals surface area contributed by atoms with E-state index < -0.39 is 0 Å². The Bertz CT molecular complexity index is 1580. The summed E-state index contributed by atoms with van der Waals surface area (Å²) in [5.74, 6) is 0.851. The molecule has 7 rings (SSSR count). The number of benzene rings is 3. The van der Waals surface area contributed by atoms with Crippen molar-refractivity contribution in [1.82, 2.24) is 14.9 Å². The minimum absolute atomic E-state index is 0.115. The highest BCUT2D eigenvalue weighted by molar-refractivity contribution is 7.21. The molecule has 1 fully saturated rings. The molecule has 1 N–H and O–H groups in total. The second-order valence-electron chi connectivity index (χ2n) is 9.06. The molecule has 1 unspecified atom stereocenters. The van der Waals surface area contributed by atoms with Crippen molar-refractivity contribution < 1.29 is 4.74 Å². The number of aromatic nitrogens is 2. The molecule has 1 atom stereocenters. The fraction of sp³-hybridized carbons (Fsp3) is 0.214. The lowest BCUT2D eigenvalue weighted by Gasteiger charge is -2.38. The molecule has 2 aliphatic heterocycles. The summed E-state index contributed by atoms with van der Waals surface area (Å²) in [6.45, 7) is 1.97. The van der Waals surface area contributed by atoms with Crippen LogP contribution in [0, 0.1) is 0 Å². The van der Waals surface area contributed by atoms with Gasteiger partial charge in [-0.15, -0.1) is 11.3 Å². The van der Waals surface area contributed by atoms with Crippen LogP contribution >= 0.6 is 11.3 Å². The van der Waals surface area contributed by atoms with Gasteiger partial charge in [-0.05, 0) is 42.5 Å². The van der Waals surface area contributed by atoms with Crippen molar-refractivity contribution in [1.29, 1.82) is 0 Å². The Morgan fingerprint density at radius 1 is 0.941 bits per heavy atom. The molecular formula is C28H23N3O2S. The molecule has 0 aliphatic carbocycles. The van der Waals surface area contributed by atoms with Crippen LogP contribution in [0.3, 0.4) is 0 Å². The zero-order chi connectivity index (χ0) is 22.6. The Morgan fingerprint density at radius 3 is 2.65 bits per heavy atom. The molecule has 3 aromatic carbocycles. The third-order valence-corrected chi connectivity index (χ3v) is 8.03. The number of pyridine rings is 1. The van der Waals surface area contributed by atoms with Gasteiger partial charge in [-0.3, -0.25) is 9.69 Å². The number of ether oxygens (including phenoxy) is 1. The summed E-state index contributed by atoms with van der Waals surface area (Å²) in [6.07, 6.45) is 3.33. The van der Waals surface area contributed by atoms with Gasteiger partial charge in [-0.1, -0.05) is 48.9 Å². The molecule has 1 saturated heterocycles. The van der Waals surface area contributed by atoms with Gasteiger partial charge in [-0.2, -0.15) is 0 Å². The van der Waals surface area contributed by atoms with Crippen LogP contribution < -0.4 is 10.3 Å². The van der Waals surface area contributed by atoms with E-state index >= 15 is 0 Å². The first-order valence-electron chi connectivity index (χ1n) is 11.8. The summed E-state index contributed by atoms with van der Waals surface area (Å²) < 4.78 is 7.87. The SMILES string of the molecule is O=c1[nH]c2c(cc1-c1nc3ccccc3s1)C(N1CCCCC1)Oc1c-2ccc2ccccc12. The third kappa shape index (κ3) is 3.10. The van der Waals surface area contributed by atoms with Crippen LogP contribution in [0.1, 0.15) is 31.1 Å². The largest absolute Gasteiger partial charge is 0.469 e. The topological polar surface area (TPSA) is 58.2 Å². The smallest absolute Gasteiger partial charge is 0.258 e. The lowest BCUT2D eigenvalue weighted by Crippen LogP contribution is -2.38. The summed E-state index contributed by atoms with van der Waals surface area (Å²) in [7, 11) is 0. The van der Waals surface area contributed by atoms with Crippen LogP contribution in [-0.4, -0.2) is 28.0 Å². The van der Waals surface area contributed by atoms with E-state index in [0.717, 1.165) is 74.5 Å². The maximum Gasteiger partial charge on any atom is 0.258 e. The van der Waals surface area contributed by atoms with Crippen molar-refractivity contribution in [2.24, 2.45) is 0 Å². The number of likely N-dealkylation sites (tertiary alicyclic amines) is 1. The van der Waals surface area contributed by atoms with E-state index in [1.807, 2.05) is 42.5 Å². The average molecular weight is 466 g/mol.